The summed E-state index contributed by atoms with van der Waals surface area (Å²) >= 11 is 0. The van der Waals surface area contributed by atoms with Gasteiger partial charge in [0, 0.05) is 17.7 Å². The van der Waals surface area contributed by atoms with Crippen molar-refractivity contribution in [1.29, 1.82) is 0 Å². The largest absolute Gasteiger partial charge is 0.249 e. The maximum Gasteiger partial charge on any atom is 0.181 e. The van der Waals surface area contributed by atoms with Crippen molar-refractivity contribution in [3.8, 4) is 17.2 Å². The van der Waals surface area contributed by atoms with Gasteiger partial charge < -0.3 is 0 Å². The zero-order valence-corrected chi connectivity index (χ0v) is 14.8. The lowest BCUT2D eigenvalue weighted by atomic mass is 10.0. The number of pyridine rings is 1. The summed E-state index contributed by atoms with van der Waals surface area (Å²) in [7, 11) is 0. The van der Waals surface area contributed by atoms with Crippen molar-refractivity contribution >= 4 is 0 Å². The quantitative estimate of drug-likeness (QED) is 0.526. The van der Waals surface area contributed by atoms with Gasteiger partial charge in [-0.2, -0.15) is 10.2 Å². The van der Waals surface area contributed by atoms with E-state index in [1.807, 2.05) is 49.4 Å². The molecule has 3 aromatic heterocycles. The molecule has 0 radical (unpaired) electrons. The summed E-state index contributed by atoms with van der Waals surface area (Å²) in [4.78, 5) is 12.9. The Bertz CT molecular complexity index is 1010. The Labute approximate surface area is 155 Å². The van der Waals surface area contributed by atoms with Gasteiger partial charge in [0.05, 0.1) is 6.54 Å². The highest BCUT2D eigenvalue weighted by molar-refractivity contribution is 5.56. The Hall–Kier alpha value is -3.42. The zero-order valence-electron chi connectivity index (χ0n) is 14.8. The summed E-state index contributed by atoms with van der Waals surface area (Å²) in [6.45, 7) is 1.71. The monoisotopic (exact) mass is 363 g/mol. The van der Waals surface area contributed by atoms with Crippen LogP contribution in [0.25, 0.3) is 17.2 Å². The SMILES string of the molecule is C[C@@H](c1ccccc1)c1nc(-c2ccnc(-n3cncn3)c2)nn1CCF. The van der Waals surface area contributed by atoms with Gasteiger partial charge in [-0.05, 0) is 17.7 Å². The van der Waals surface area contributed by atoms with Crippen molar-refractivity contribution in [3.05, 3.63) is 72.7 Å². The van der Waals surface area contributed by atoms with Crippen LogP contribution in [-0.4, -0.2) is 41.2 Å². The Kier molecular flexibility index (Phi) is 4.69. The molecule has 4 aromatic rings. The van der Waals surface area contributed by atoms with E-state index in [2.05, 4.69) is 20.2 Å². The summed E-state index contributed by atoms with van der Waals surface area (Å²) in [6.07, 6.45) is 4.69. The molecule has 0 fully saturated rings. The molecule has 0 bridgehead atoms. The van der Waals surface area contributed by atoms with Gasteiger partial charge >= 0.3 is 0 Å². The Morgan fingerprint density at radius 2 is 2.00 bits per heavy atom. The summed E-state index contributed by atoms with van der Waals surface area (Å²) in [6, 6.07) is 13.7. The van der Waals surface area contributed by atoms with Crippen molar-refractivity contribution in [1.82, 2.24) is 34.5 Å². The molecular formula is C19H18FN7. The van der Waals surface area contributed by atoms with E-state index < -0.39 is 6.67 Å². The molecular weight excluding hydrogens is 345 g/mol. The van der Waals surface area contributed by atoms with Crippen LogP contribution in [0.3, 0.4) is 0 Å². The van der Waals surface area contributed by atoms with Crippen LogP contribution in [-0.2, 0) is 6.54 Å². The Morgan fingerprint density at radius 3 is 2.74 bits per heavy atom. The Morgan fingerprint density at radius 1 is 1.15 bits per heavy atom. The van der Waals surface area contributed by atoms with Gasteiger partial charge in [0.1, 0.15) is 25.2 Å². The first kappa shape index (κ1) is 17.0. The van der Waals surface area contributed by atoms with Crippen LogP contribution in [0.4, 0.5) is 4.39 Å². The summed E-state index contributed by atoms with van der Waals surface area (Å²) < 4.78 is 16.3. The third-order valence-electron chi connectivity index (χ3n) is 4.34. The Balaban J connectivity index is 1.73. The minimum atomic E-state index is -0.502. The van der Waals surface area contributed by atoms with Crippen LogP contribution < -0.4 is 0 Å². The molecule has 0 saturated carbocycles. The fourth-order valence-corrected chi connectivity index (χ4v) is 2.94. The van der Waals surface area contributed by atoms with E-state index in [-0.39, 0.29) is 12.5 Å². The summed E-state index contributed by atoms with van der Waals surface area (Å²) in [5.74, 6) is 1.87. The number of hydrogen-bond donors (Lipinski definition) is 0. The number of halogens is 1. The number of rotatable bonds is 6. The fourth-order valence-electron chi connectivity index (χ4n) is 2.94. The van der Waals surface area contributed by atoms with Crippen molar-refractivity contribution in [2.45, 2.75) is 19.4 Å². The second-order valence-corrected chi connectivity index (χ2v) is 6.08. The lowest BCUT2D eigenvalue weighted by Gasteiger charge is -2.11. The van der Waals surface area contributed by atoms with E-state index in [0.29, 0.717) is 11.6 Å². The van der Waals surface area contributed by atoms with E-state index in [1.54, 1.807) is 21.9 Å². The second kappa shape index (κ2) is 7.45. The van der Waals surface area contributed by atoms with Crippen molar-refractivity contribution < 1.29 is 4.39 Å². The van der Waals surface area contributed by atoms with E-state index in [9.17, 15) is 4.39 Å². The standard InChI is InChI=1S/C19H18FN7/c1-14(15-5-3-2-4-6-15)19-24-18(25-26(19)10-8-20)16-7-9-22-17(11-16)27-13-21-12-23-27/h2-7,9,11-14H,8,10H2,1H3/t14-/m0/s1. The molecule has 136 valence electrons. The number of nitrogens with zero attached hydrogens (tertiary/aromatic N) is 7. The molecule has 7 nitrogen and oxygen atoms in total. The smallest absolute Gasteiger partial charge is 0.181 e. The molecule has 0 saturated heterocycles. The average Bonchev–Trinajstić information content (AvgIpc) is 3.39. The van der Waals surface area contributed by atoms with Crippen LogP contribution in [0, 0.1) is 0 Å². The number of hydrogen-bond acceptors (Lipinski definition) is 5. The predicted molar refractivity (Wildman–Crippen MR) is 98.1 cm³/mol. The molecule has 0 N–H and O–H groups in total. The van der Waals surface area contributed by atoms with Gasteiger partial charge in [-0.25, -0.2) is 28.7 Å². The summed E-state index contributed by atoms with van der Waals surface area (Å²) in [5.41, 5.74) is 1.89. The van der Waals surface area contributed by atoms with Crippen LogP contribution in [0.1, 0.15) is 24.2 Å². The third kappa shape index (κ3) is 3.46. The lowest BCUT2D eigenvalue weighted by molar-refractivity contribution is 0.417. The maximum atomic E-state index is 13.1. The van der Waals surface area contributed by atoms with E-state index >= 15 is 0 Å². The molecule has 0 aliphatic heterocycles. The lowest BCUT2D eigenvalue weighted by Crippen LogP contribution is -2.10. The first-order valence-corrected chi connectivity index (χ1v) is 8.63. The molecule has 1 atom stereocenters. The normalized spacial score (nSPS) is 12.2. The maximum absolute atomic E-state index is 13.1. The molecule has 0 amide bonds. The van der Waals surface area contributed by atoms with Crippen LogP contribution in [0.5, 0.6) is 0 Å². The molecule has 0 aliphatic carbocycles. The van der Waals surface area contributed by atoms with Crippen molar-refractivity contribution in [2.75, 3.05) is 6.67 Å². The summed E-state index contributed by atoms with van der Waals surface area (Å²) in [5, 5.41) is 8.62. The molecule has 8 heteroatoms. The number of alkyl halides is 1. The molecule has 3 heterocycles. The average molecular weight is 363 g/mol. The number of aryl methyl sites for hydroxylation is 1. The van der Waals surface area contributed by atoms with Gasteiger partial charge in [-0.1, -0.05) is 37.3 Å². The minimum absolute atomic E-state index is 0.00405. The van der Waals surface area contributed by atoms with E-state index in [1.165, 1.54) is 6.33 Å². The minimum Gasteiger partial charge on any atom is -0.249 e. The van der Waals surface area contributed by atoms with Gasteiger partial charge in [0.2, 0.25) is 0 Å². The second-order valence-electron chi connectivity index (χ2n) is 6.08. The topological polar surface area (TPSA) is 74.3 Å². The van der Waals surface area contributed by atoms with Gasteiger partial charge in [-0.3, -0.25) is 0 Å². The molecule has 1 aromatic carbocycles. The molecule has 0 unspecified atom stereocenters. The highest BCUT2D eigenvalue weighted by atomic mass is 19.1. The predicted octanol–water partition coefficient (Wildman–Crippen LogP) is 3.04. The van der Waals surface area contributed by atoms with Crippen molar-refractivity contribution in [2.24, 2.45) is 0 Å². The third-order valence-corrected chi connectivity index (χ3v) is 4.34. The van der Waals surface area contributed by atoms with Crippen molar-refractivity contribution in [3.63, 3.8) is 0 Å². The van der Waals surface area contributed by atoms with Gasteiger partial charge in [-0.15, -0.1) is 0 Å². The van der Waals surface area contributed by atoms with Gasteiger partial charge in [0.15, 0.2) is 11.6 Å². The number of benzene rings is 1. The first-order valence-electron chi connectivity index (χ1n) is 8.63. The highest BCUT2D eigenvalue weighted by Gasteiger charge is 2.19. The molecule has 4 rings (SSSR count). The van der Waals surface area contributed by atoms with Crippen LogP contribution in [0.2, 0.25) is 0 Å². The van der Waals surface area contributed by atoms with Crippen LogP contribution >= 0.6 is 0 Å². The molecule has 0 aliphatic rings. The fraction of sp³-hybridized carbons (Fsp3) is 0.211. The molecule has 0 spiro atoms. The van der Waals surface area contributed by atoms with Gasteiger partial charge in [0.25, 0.3) is 0 Å². The number of aromatic nitrogens is 7. The van der Waals surface area contributed by atoms with Crippen LogP contribution in [0.15, 0.2) is 61.3 Å². The molecule has 27 heavy (non-hydrogen) atoms. The zero-order chi connectivity index (χ0) is 18.6. The first-order chi connectivity index (χ1) is 13.3. The van der Waals surface area contributed by atoms with E-state index in [4.69, 9.17) is 4.98 Å². The van der Waals surface area contributed by atoms with E-state index in [0.717, 1.165) is 17.0 Å². The highest BCUT2D eigenvalue weighted by Crippen LogP contribution is 2.25.